The molecule has 0 aliphatic carbocycles. The Balaban J connectivity index is 1.49. The summed E-state index contributed by atoms with van der Waals surface area (Å²) < 4.78 is 29.8. The maximum atomic E-state index is 13.5. The molecule has 1 saturated heterocycles. The Labute approximate surface area is 220 Å². The maximum absolute atomic E-state index is 13.5. The fourth-order valence-corrected chi connectivity index (χ4v) is 5.01. The van der Waals surface area contributed by atoms with Gasteiger partial charge in [-0.3, -0.25) is 9.59 Å². The Morgan fingerprint density at radius 2 is 1.95 bits per heavy atom. The molecule has 1 atom stereocenters. The minimum atomic E-state index is -0.862. The second-order valence-corrected chi connectivity index (χ2v) is 9.67. The molecule has 2 aromatic carbocycles. The average molecular weight is 530 g/mol. The van der Waals surface area contributed by atoms with Crippen molar-refractivity contribution in [3.05, 3.63) is 52.8 Å². The lowest BCUT2D eigenvalue weighted by molar-refractivity contribution is -0.142. The number of fused-ring (bicyclic) bond motifs is 1. The molecular formula is C27H29ClFN3O5. The van der Waals surface area contributed by atoms with Gasteiger partial charge >= 0.3 is 5.97 Å². The molecular weight excluding hydrogens is 501 g/mol. The van der Waals surface area contributed by atoms with Crippen molar-refractivity contribution in [2.45, 2.75) is 32.3 Å². The van der Waals surface area contributed by atoms with Crippen LogP contribution in [0.3, 0.4) is 0 Å². The summed E-state index contributed by atoms with van der Waals surface area (Å²) in [5.41, 5.74) is 0.829. The molecule has 0 aromatic heterocycles. The molecule has 0 N–H and O–H groups in total. The van der Waals surface area contributed by atoms with Crippen LogP contribution in [-0.4, -0.2) is 62.8 Å². The fraction of sp³-hybridized carbons (Fsp3) is 0.444. The topological polar surface area (TPSA) is 92.1 Å². The average Bonchev–Trinajstić information content (AvgIpc) is 2.90. The van der Waals surface area contributed by atoms with Gasteiger partial charge in [-0.2, -0.15) is 5.26 Å². The Kier molecular flexibility index (Phi) is 8.08. The van der Waals surface area contributed by atoms with E-state index in [0.717, 1.165) is 5.56 Å². The third kappa shape index (κ3) is 5.91. The van der Waals surface area contributed by atoms with Gasteiger partial charge in [-0.1, -0.05) is 23.7 Å². The number of carbonyl (C=O) groups excluding carboxylic acids is 2. The van der Waals surface area contributed by atoms with Gasteiger partial charge < -0.3 is 24.0 Å². The van der Waals surface area contributed by atoms with E-state index in [-0.39, 0.29) is 24.8 Å². The van der Waals surface area contributed by atoms with E-state index in [0.29, 0.717) is 61.2 Å². The number of likely N-dealkylation sites (tertiary alicyclic amines) is 1. The van der Waals surface area contributed by atoms with Gasteiger partial charge in [-0.05, 0) is 49.9 Å². The molecule has 4 rings (SSSR count). The van der Waals surface area contributed by atoms with Crippen LogP contribution in [0.2, 0.25) is 5.02 Å². The summed E-state index contributed by atoms with van der Waals surface area (Å²) in [6.45, 7) is 3.08. The van der Waals surface area contributed by atoms with E-state index >= 15 is 0 Å². The third-order valence-electron chi connectivity index (χ3n) is 6.86. The zero-order valence-corrected chi connectivity index (χ0v) is 21.6. The summed E-state index contributed by atoms with van der Waals surface area (Å²) in [6, 6.07) is 11.9. The van der Waals surface area contributed by atoms with E-state index in [9.17, 15) is 19.2 Å². The van der Waals surface area contributed by atoms with Crippen LogP contribution < -0.4 is 14.4 Å². The zero-order valence-electron chi connectivity index (χ0n) is 20.8. The van der Waals surface area contributed by atoms with E-state index in [1.807, 2.05) is 6.92 Å². The van der Waals surface area contributed by atoms with Crippen molar-refractivity contribution in [3.63, 3.8) is 0 Å². The maximum Gasteiger partial charge on any atom is 0.325 e. The van der Waals surface area contributed by atoms with Crippen LogP contribution in [0.15, 0.2) is 36.4 Å². The van der Waals surface area contributed by atoms with Crippen molar-refractivity contribution < 1.29 is 28.2 Å². The summed E-state index contributed by atoms with van der Waals surface area (Å²) in [5.74, 6) is -0.183. The standard InChI is InChI=1S/C27H29ClFN3O5/c1-3-36-22-13-23-21(12-20(22)28)32(16-25(33)35-2)15-24(37-23)26(34)31-10-8-27(17-30,9-11-31)14-18-4-6-19(29)7-5-18/h4-7,12-13,24H,3,8-11,14-16H2,1-2H3. The van der Waals surface area contributed by atoms with Crippen LogP contribution in [-0.2, 0) is 20.7 Å². The Morgan fingerprint density at radius 3 is 2.57 bits per heavy atom. The van der Waals surface area contributed by atoms with Gasteiger partial charge in [0, 0.05) is 19.2 Å². The number of halogens is 2. The summed E-state index contributed by atoms with van der Waals surface area (Å²) in [4.78, 5) is 29.0. The number of ether oxygens (including phenoxy) is 3. The molecule has 2 aliphatic rings. The van der Waals surface area contributed by atoms with Crippen molar-refractivity contribution >= 4 is 29.2 Å². The molecule has 0 bridgehead atoms. The summed E-state index contributed by atoms with van der Waals surface area (Å²) in [6.07, 6.45) is 0.615. The molecule has 2 aliphatic heterocycles. The van der Waals surface area contributed by atoms with E-state index in [1.165, 1.54) is 19.2 Å². The minimum absolute atomic E-state index is 0.0733. The lowest BCUT2D eigenvalue weighted by atomic mass is 9.75. The lowest BCUT2D eigenvalue weighted by Crippen LogP contribution is -2.54. The van der Waals surface area contributed by atoms with Gasteiger partial charge in [-0.15, -0.1) is 0 Å². The predicted molar refractivity (Wildman–Crippen MR) is 135 cm³/mol. The number of piperidine rings is 1. The molecule has 0 spiro atoms. The number of nitriles is 1. The van der Waals surface area contributed by atoms with Gasteiger partial charge in [0.05, 0.1) is 42.5 Å². The van der Waals surface area contributed by atoms with Gasteiger partial charge in [-0.25, -0.2) is 4.39 Å². The van der Waals surface area contributed by atoms with E-state index in [4.69, 9.17) is 25.8 Å². The second-order valence-electron chi connectivity index (χ2n) is 9.27. The predicted octanol–water partition coefficient (Wildman–Crippen LogP) is 3.99. The molecule has 196 valence electrons. The Bertz CT molecular complexity index is 1190. The van der Waals surface area contributed by atoms with Crippen molar-refractivity contribution in [2.75, 3.05) is 44.8 Å². The highest BCUT2D eigenvalue weighted by molar-refractivity contribution is 6.32. The SMILES string of the molecule is CCOc1cc2c(cc1Cl)N(CC(=O)OC)CC(C(=O)N1CCC(C#N)(Cc3ccc(F)cc3)CC1)O2. The van der Waals surface area contributed by atoms with Gasteiger partial charge in [0.2, 0.25) is 0 Å². The molecule has 0 saturated carbocycles. The number of hydrogen-bond acceptors (Lipinski definition) is 7. The second kappa shape index (κ2) is 11.3. The first-order valence-corrected chi connectivity index (χ1v) is 12.5. The van der Waals surface area contributed by atoms with Crippen LogP contribution in [0.25, 0.3) is 0 Å². The van der Waals surface area contributed by atoms with Crippen molar-refractivity contribution in [3.8, 4) is 17.6 Å². The Morgan fingerprint density at radius 1 is 1.24 bits per heavy atom. The Hall–Kier alpha value is -3.51. The van der Waals surface area contributed by atoms with Crippen LogP contribution in [0.1, 0.15) is 25.3 Å². The van der Waals surface area contributed by atoms with E-state index in [2.05, 4.69) is 6.07 Å². The highest BCUT2D eigenvalue weighted by Crippen LogP contribution is 2.42. The fourth-order valence-electron chi connectivity index (χ4n) is 4.80. The number of nitrogens with zero attached hydrogens (tertiary/aromatic N) is 3. The van der Waals surface area contributed by atoms with Crippen molar-refractivity contribution in [2.24, 2.45) is 5.41 Å². The van der Waals surface area contributed by atoms with Crippen molar-refractivity contribution in [1.29, 1.82) is 5.26 Å². The van der Waals surface area contributed by atoms with Gasteiger partial charge in [0.25, 0.3) is 5.91 Å². The van der Waals surface area contributed by atoms with Crippen LogP contribution >= 0.6 is 11.6 Å². The molecule has 1 unspecified atom stereocenters. The highest BCUT2D eigenvalue weighted by Gasteiger charge is 2.40. The van der Waals surface area contributed by atoms with E-state index < -0.39 is 17.5 Å². The minimum Gasteiger partial charge on any atom is -0.492 e. The normalized spacial score (nSPS) is 18.3. The summed E-state index contributed by atoms with van der Waals surface area (Å²) >= 11 is 6.36. The number of amides is 1. The molecule has 1 fully saturated rings. The largest absolute Gasteiger partial charge is 0.492 e. The van der Waals surface area contributed by atoms with Crippen molar-refractivity contribution in [1.82, 2.24) is 4.90 Å². The zero-order chi connectivity index (χ0) is 26.6. The molecule has 10 heteroatoms. The molecule has 1 amide bonds. The monoisotopic (exact) mass is 529 g/mol. The van der Waals surface area contributed by atoms with Crippen LogP contribution in [0.4, 0.5) is 10.1 Å². The number of esters is 1. The van der Waals surface area contributed by atoms with Crippen LogP contribution in [0.5, 0.6) is 11.5 Å². The number of hydrogen-bond donors (Lipinski definition) is 0. The number of anilines is 1. The number of carbonyl (C=O) groups is 2. The molecule has 2 aromatic rings. The molecule has 2 heterocycles. The summed E-state index contributed by atoms with van der Waals surface area (Å²) in [7, 11) is 1.30. The number of rotatable bonds is 7. The molecule has 8 nitrogen and oxygen atoms in total. The third-order valence-corrected chi connectivity index (χ3v) is 7.15. The lowest BCUT2D eigenvalue weighted by Gasteiger charge is -2.41. The number of benzene rings is 2. The smallest absolute Gasteiger partial charge is 0.325 e. The first-order valence-electron chi connectivity index (χ1n) is 12.2. The van der Waals surface area contributed by atoms with Gasteiger partial charge in [0.15, 0.2) is 6.10 Å². The van der Waals surface area contributed by atoms with Gasteiger partial charge in [0.1, 0.15) is 23.9 Å². The van der Waals surface area contributed by atoms with Crippen LogP contribution in [0, 0.1) is 22.6 Å². The quantitative estimate of drug-likeness (QED) is 0.501. The number of methoxy groups -OCH3 is 1. The molecule has 0 radical (unpaired) electrons. The first-order chi connectivity index (χ1) is 17.8. The first kappa shape index (κ1) is 26.6. The van der Waals surface area contributed by atoms with E-state index in [1.54, 1.807) is 34.1 Å². The summed E-state index contributed by atoms with van der Waals surface area (Å²) in [5, 5.41) is 10.3. The molecule has 37 heavy (non-hydrogen) atoms. The highest BCUT2D eigenvalue weighted by atomic mass is 35.5.